The predicted molar refractivity (Wildman–Crippen MR) is 59.2 cm³/mol. The van der Waals surface area contributed by atoms with E-state index in [2.05, 4.69) is 0 Å². The molecule has 0 aliphatic carbocycles. The van der Waals surface area contributed by atoms with Crippen LogP contribution >= 0.6 is 0 Å². The van der Waals surface area contributed by atoms with Crippen molar-refractivity contribution < 1.29 is 25.2 Å². The van der Waals surface area contributed by atoms with Gasteiger partial charge in [0, 0.05) is 0 Å². The lowest BCUT2D eigenvalue weighted by Gasteiger charge is -2.40. The molecule has 0 amide bonds. The Hall–Kier alpha value is -0.980. The van der Waals surface area contributed by atoms with Crippen molar-refractivity contribution in [3.8, 4) is 0 Å². The average Bonchev–Trinajstić information content (AvgIpc) is 2.37. The SMILES string of the molecule is OC[C@H]1O[C@H](c2ccccc2)[C@H](O)[C@@H](O)[C@H]1O. The number of aliphatic hydroxyl groups excluding tert-OH is 4. The average molecular weight is 240 g/mol. The fraction of sp³-hybridized carbons (Fsp3) is 0.500. The second-order valence-corrected chi connectivity index (χ2v) is 4.16. The van der Waals surface area contributed by atoms with Gasteiger partial charge in [0.25, 0.3) is 0 Å². The zero-order valence-corrected chi connectivity index (χ0v) is 9.18. The zero-order chi connectivity index (χ0) is 12.4. The lowest BCUT2D eigenvalue weighted by Crippen LogP contribution is -2.55. The summed E-state index contributed by atoms with van der Waals surface area (Å²) < 4.78 is 5.41. The fourth-order valence-electron chi connectivity index (χ4n) is 2.02. The van der Waals surface area contributed by atoms with Crippen LogP contribution in [0.25, 0.3) is 0 Å². The molecule has 5 heteroatoms. The molecule has 0 radical (unpaired) electrons. The van der Waals surface area contributed by atoms with Gasteiger partial charge < -0.3 is 25.2 Å². The molecule has 1 aromatic rings. The highest BCUT2D eigenvalue weighted by Crippen LogP contribution is 2.31. The standard InChI is InChI=1S/C12H16O5/c13-6-8-9(14)10(15)11(16)12(17-8)7-4-2-1-3-5-7/h1-5,8-16H,6H2/t8-,9+,10+,11-,12-/m1/s1. The first-order chi connectivity index (χ1) is 8.15. The number of hydrogen-bond donors (Lipinski definition) is 4. The Bertz CT molecular complexity index is 353. The summed E-state index contributed by atoms with van der Waals surface area (Å²) in [6.45, 7) is -0.408. The van der Waals surface area contributed by atoms with E-state index in [0.717, 1.165) is 0 Å². The molecule has 1 aliphatic rings. The minimum Gasteiger partial charge on any atom is -0.394 e. The molecule has 17 heavy (non-hydrogen) atoms. The maximum absolute atomic E-state index is 9.86. The maximum atomic E-state index is 9.86. The van der Waals surface area contributed by atoms with Crippen molar-refractivity contribution in [3.05, 3.63) is 35.9 Å². The summed E-state index contributed by atoms with van der Waals surface area (Å²) in [5.41, 5.74) is 0.699. The summed E-state index contributed by atoms with van der Waals surface area (Å²) in [4.78, 5) is 0. The Morgan fingerprint density at radius 2 is 1.59 bits per heavy atom. The molecule has 4 N–H and O–H groups in total. The topological polar surface area (TPSA) is 90.2 Å². The molecule has 1 aromatic carbocycles. The second-order valence-electron chi connectivity index (χ2n) is 4.16. The van der Waals surface area contributed by atoms with E-state index in [4.69, 9.17) is 9.84 Å². The van der Waals surface area contributed by atoms with Crippen molar-refractivity contribution in [1.29, 1.82) is 0 Å². The Morgan fingerprint density at radius 1 is 0.941 bits per heavy atom. The Labute approximate surface area is 98.9 Å². The van der Waals surface area contributed by atoms with Crippen LogP contribution in [0.15, 0.2) is 30.3 Å². The molecule has 0 spiro atoms. The van der Waals surface area contributed by atoms with E-state index in [1.54, 1.807) is 24.3 Å². The molecule has 5 nitrogen and oxygen atoms in total. The van der Waals surface area contributed by atoms with Gasteiger partial charge in [0.2, 0.25) is 0 Å². The van der Waals surface area contributed by atoms with Gasteiger partial charge in [-0.3, -0.25) is 0 Å². The first-order valence-corrected chi connectivity index (χ1v) is 5.50. The van der Waals surface area contributed by atoms with E-state index in [-0.39, 0.29) is 0 Å². The van der Waals surface area contributed by atoms with E-state index in [1.807, 2.05) is 6.07 Å². The van der Waals surface area contributed by atoms with Crippen LogP contribution in [0.3, 0.4) is 0 Å². The van der Waals surface area contributed by atoms with Crippen LogP contribution in [-0.2, 0) is 4.74 Å². The summed E-state index contributed by atoms with van der Waals surface area (Å²) >= 11 is 0. The Morgan fingerprint density at radius 3 is 2.18 bits per heavy atom. The van der Waals surface area contributed by atoms with Gasteiger partial charge >= 0.3 is 0 Å². The Balaban J connectivity index is 2.23. The van der Waals surface area contributed by atoms with Crippen molar-refractivity contribution in [3.63, 3.8) is 0 Å². The molecule has 2 rings (SSSR count). The van der Waals surface area contributed by atoms with E-state index >= 15 is 0 Å². The smallest absolute Gasteiger partial charge is 0.113 e. The van der Waals surface area contributed by atoms with Crippen LogP contribution in [-0.4, -0.2) is 51.4 Å². The Kier molecular flexibility index (Phi) is 3.76. The quantitative estimate of drug-likeness (QED) is 0.543. The molecule has 5 atom stereocenters. The van der Waals surface area contributed by atoms with Gasteiger partial charge in [0.05, 0.1) is 6.61 Å². The monoisotopic (exact) mass is 240 g/mol. The van der Waals surface area contributed by atoms with E-state index in [9.17, 15) is 15.3 Å². The summed E-state index contributed by atoms with van der Waals surface area (Å²) in [6.07, 6.45) is -5.46. The minimum absolute atomic E-state index is 0.408. The molecular formula is C12H16O5. The lowest BCUT2D eigenvalue weighted by molar-refractivity contribution is -0.231. The third-order valence-electron chi connectivity index (χ3n) is 3.02. The first-order valence-electron chi connectivity index (χ1n) is 5.50. The van der Waals surface area contributed by atoms with Crippen LogP contribution in [0.1, 0.15) is 11.7 Å². The van der Waals surface area contributed by atoms with Gasteiger partial charge in [-0.15, -0.1) is 0 Å². The summed E-state index contributed by atoms with van der Waals surface area (Å²) in [5.74, 6) is 0. The third-order valence-corrected chi connectivity index (χ3v) is 3.02. The summed E-state index contributed by atoms with van der Waals surface area (Å²) in [6, 6.07) is 8.92. The first kappa shape index (κ1) is 12.5. The number of aliphatic hydroxyl groups is 4. The highest BCUT2D eigenvalue weighted by Gasteiger charge is 2.43. The van der Waals surface area contributed by atoms with Gasteiger partial charge in [-0.25, -0.2) is 0 Å². The predicted octanol–water partition coefficient (Wildman–Crippen LogP) is -0.799. The van der Waals surface area contributed by atoms with Gasteiger partial charge in [-0.05, 0) is 5.56 Å². The number of ether oxygens (including phenoxy) is 1. The van der Waals surface area contributed by atoms with Crippen LogP contribution < -0.4 is 0 Å². The molecule has 1 aliphatic heterocycles. The van der Waals surface area contributed by atoms with Crippen LogP contribution in [0, 0.1) is 0 Å². The molecule has 1 saturated heterocycles. The summed E-state index contributed by atoms with van der Waals surface area (Å²) in [5, 5.41) is 38.2. The van der Waals surface area contributed by atoms with Crippen molar-refractivity contribution in [2.75, 3.05) is 6.61 Å². The molecule has 0 unspecified atom stereocenters. The molecule has 94 valence electrons. The largest absolute Gasteiger partial charge is 0.394 e. The minimum atomic E-state index is -1.33. The van der Waals surface area contributed by atoms with Crippen molar-refractivity contribution in [2.45, 2.75) is 30.5 Å². The zero-order valence-electron chi connectivity index (χ0n) is 9.18. The molecule has 0 aromatic heterocycles. The van der Waals surface area contributed by atoms with Crippen LogP contribution in [0.2, 0.25) is 0 Å². The van der Waals surface area contributed by atoms with Gasteiger partial charge in [-0.1, -0.05) is 30.3 Å². The van der Waals surface area contributed by atoms with E-state index in [1.165, 1.54) is 0 Å². The van der Waals surface area contributed by atoms with Gasteiger partial charge in [0.15, 0.2) is 0 Å². The molecule has 1 heterocycles. The molecule has 0 bridgehead atoms. The van der Waals surface area contributed by atoms with E-state index < -0.39 is 37.1 Å². The third kappa shape index (κ3) is 2.34. The van der Waals surface area contributed by atoms with Crippen molar-refractivity contribution in [2.24, 2.45) is 0 Å². The number of benzene rings is 1. The molecule has 0 saturated carbocycles. The van der Waals surface area contributed by atoms with Crippen molar-refractivity contribution in [1.82, 2.24) is 0 Å². The highest BCUT2D eigenvalue weighted by atomic mass is 16.5. The van der Waals surface area contributed by atoms with Crippen molar-refractivity contribution >= 4 is 0 Å². The highest BCUT2D eigenvalue weighted by molar-refractivity contribution is 5.20. The van der Waals surface area contributed by atoms with E-state index in [0.29, 0.717) is 5.56 Å². The number of hydrogen-bond acceptors (Lipinski definition) is 5. The summed E-state index contributed by atoms with van der Waals surface area (Å²) in [7, 11) is 0. The second kappa shape index (κ2) is 5.12. The van der Waals surface area contributed by atoms with Crippen LogP contribution in [0.5, 0.6) is 0 Å². The fourth-order valence-corrected chi connectivity index (χ4v) is 2.02. The van der Waals surface area contributed by atoms with Gasteiger partial charge in [0.1, 0.15) is 30.5 Å². The lowest BCUT2D eigenvalue weighted by atomic mass is 9.91. The van der Waals surface area contributed by atoms with Gasteiger partial charge in [-0.2, -0.15) is 0 Å². The normalized spacial score (nSPS) is 38.0. The van der Waals surface area contributed by atoms with Crippen LogP contribution in [0.4, 0.5) is 0 Å². The number of rotatable bonds is 2. The molecular weight excluding hydrogens is 224 g/mol. The maximum Gasteiger partial charge on any atom is 0.113 e. The molecule has 1 fully saturated rings.